The summed E-state index contributed by atoms with van der Waals surface area (Å²) < 4.78 is 89.7. The molecule has 0 N–H and O–H groups in total. The summed E-state index contributed by atoms with van der Waals surface area (Å²) in [5.74, 6) is 0. The Bertz CT molecular complexity index is 2550. The summed E-state index contributed by atoms with van der Waals surface area (Å²) >= 11 is 0. The van der Waals surface area contributed by atoms with Gasteiger partial charge in [0.05, 0.1) is 0 Å². The molecule has 2 unspecified atom stereocenters. The van der Waals surface area contributed by atoms with Crippen LogP contribution in [0.5, 0.6) is 0 Å². The molecule has 0 saturated heterocycles. The zero-order valence-electron chi connectivity index (χ0n) is 30.7. The van der Waals surface area contributed by atoms with Gasteiger partial charge in [0.2, 0.25) is 0 Å². The minimum Gasteiger partial charge on any atom is -0.170 e. The largest absolute Gasteiger partial charge is 0.402 e. The smallest absolute Gasteiger partial charge is 0.170 e. The average Bonchev–Trinajstić information content (AvgIpc) is 3.70. The molecule has 0 nitrogen and oxygen atoms in total. The Morgan fingerprint density at radius 1 is 0.407 bits per heavy atom. The van der Waals surface area contributed by atoms with Gasteiger partial charge in [0, 0.05) is 5.41 Å². The van der Waals surface area contributed by atoms with Gasteiger partial charge in [-0.15, -0.1) is 0 Å². The van der Waals surface area contributed by atoms with E-state index < -0.39 is 28.6 Å². The lowest BCUT2D eigenvalue weighted by atomic mass is 9.73. The minimum absolute atomic E-state index is 0.258. The van der Waals surface area contributed by atoms with Crippen LogP contribution in [-0.4, -0.2) is 12.4 Å². The molecule has 54 heavy (non-hydrogen) atoms. The normalized spacial score (nSPS) is 20.2. The number of hydrogen-bond donors (Lipinski definition) is 0. The maximum atomic E-state index is 15.0. The van der Waals surface area contributed by atoms with E-state index in [0.29, 0.717) is 22.3 Å². The van der Waals surface area contributed by atoms with E-state index >= 15 is 13.2 Å². The predicted octanol–water partition coefficient (Wildman–Crippen LogP) is 14.1. The van der Waals surface area contributed by atoms with Crippen molar-refractivity contribution in [3.8, 4) is 55.6 Å². The first-order chi connectivity index (χ1) is 25.6. The van der Waals surface area contributed by atoms with E-state index in [1.165, 1.54) is 13.8 Å². The SMILES string of the molecule is CCC1(CC)c2cc(-c3ccc4c(c3)C(C)(C(F)(F)F)c3ccccc3-4)ccc2-c2ccc(-c3ccc4c(c3)C(C)(C(F)(F)F)c3cc(C)ccc3-4)cc21. The van der Waals surface area contributed by atoms with E-state index in [2.05, 4.69) is 38.1 Å². The van der Waals surface area contributed by atoms with Gasteiger partial charge in [0.25, 0.3) is 0 Å². The van der Waals surface area contributed by atoms with Gasteiger partial charge in [-0.25, -0.2) is 0 Å². The maximum absolute atomic E-state index is 15.0. The van der Waals surface area contributed by atoms with Crippen LogP contribution in [0.1, 0.15) is 79.5 Å². The first kappa shape index (κ1) is 34.7. The molecule has 0 radical (unpaired) electrons. The molecule has 0 aromatic heterocycles. The molecule has 2 atom stereocenters. The van der Waals surface area contributed by atoms with Crippen molar-refractivity contribution in [2.75, 3.05) is 0 Å². The Morgan fingerprint density at radius 3 is 1.17 bits per heavy atom. The molecule has 0 amide bonds. The second kappa shape index (κ2) is 11.2. The molecule has 0 heterocycles. The van der Waals surface area contributed by atoms with Crippen LogP contribution < -0.4 is 0 Å². The van der Waals surface area contributed by atoms with E-state index in [1.807, 2.05) is 49.4 Å². The molecule has 9 rings (SSSR count). The van der Waals surface area contributed by atoms with Crippen molar-refractivity contribution in [1.29, 1.82) is 0 Å². The van der Waals surface area contributed by atoms with Crippen LogP contribution in [0.3, 0.4) is 0 Å². The number of benzene rings is 6. The Morgan fingerprint density at radius 2 is 0.741 bits per heavy atom. The third-order valence-corrected chi connectivity index (χ3v) is 13.2. The van der Waals surface area contributed by atoms with Gasteiger partial charge in [-0.3, -0.25) is 0 Å². The molecule has 272 valence electrons. The Hall–Kier alpha value is -5.10. The van der Waals surface area contributed by atoms with E-state index in [1.54, 1.807) is 48.5 Å². The van der Waals surface area contributed by atoms with Crippen molar-refractivity contribution in [3.63, 3.8) is 0 Å². The number of aryl methyl sites for hydroxylation is 1. The highest BCUT2D eigenvalue weighted by atomic mass is 19.4. The summed E-state index contributed by atoms with van der Waals surface area (Å²) in [7, 11) is 0. The Kier molecular flexibility index (Phi) is 7.20. The van der Waals surface area contributed by atoms with Crippen molar-refractivity contribution in [1.82, 2.24) is 0 Å². The fourth-order valence-electron chi connectivity index (χ4n) is 9.97. The monoisotopic (exact) mass is 728 g/mol. The van der Waals surface area contributed by atoms with E-state index in [0.717, 1.165) is 62.9 Å². The van der Waals surface area contributed by atoms with Crippen LogP contribution in [0.15, 0.2) is 115 Å². The number of hydrogen-bond acceptors (Lipinski definition) is 0. The first-order valence-corrected chi connectivity index (χ1v) is 18.5. The Balaban J connectivity index is 1.14. The molecule has 6 heteroatoms. The minimum atomic E-state index is -4.50. The van der Waals surface area contributed by atoms with Crippen LogP contribution in [0, 0.1) is 6.92 Å². The third-order valence-electron chi connectivity index (χ3n) is 13.2. The topological polar surface area (TPSA) is 0 Å². The van der Waals surface area contributed by atoms with Gasteiger partial charge >= 0.3 is 12.4 Å². The van der Waals surface area contributed by atoms with Crippen molar-refractivity contribution in [3.05, 3.63) is 154 Å². The fourth-order valence-corrected chi connectivity index (χ4v) is 9.97. The zero-order chi connectivity index (χ0) is 38.2. The Labute approximate surface area is 311 Å². The van der Waals surface area contributed by atoms with Crippen LogP contribution >= 0.6 is 0 Å². The summed E-state index contributed by atoms with van der Waals surface area (Å²) in [5, 5.41) is 0. The first-order valence-electron chi connectivity index (χ1n) is 18.5. The van der Waals surface area contributed by atoms with Crippen molar-refractivity contribution in [2.45, 2.75) is 76.1 Å². The van der Waals surface area contributed by atoms with Crippen LogP contribution in [0.25, 0.3) is 55.6 Å². The van der Waals surface area contributed by atoms with Gasteiger partial charge < -0.3 is 0 Å². The molecule has 0 aliphatic heterocycles. The standard InChI is InChI=1S/C48H38F6/c1-6-46(7-2)42-25-30(28-13-18-34-32-10-8-9-11-38(32)44(4,40(34)23-28)47(49,50)51)15-20-36(42)37-21-16-31(26-43(37)46)29-14-19-35-33-17-12-27(3)22-39(33)45(5,41(35)24-29)48(52,53)54/h8-26H,6-7H2,1-5H3. The van der Waals surface area contributed by atoms with Crippen LogP contribution in [-0.2, 0) is 16.2 Å². The van der Waals surface area contributed by atoms with Crippen molar-refractivity contribution < 1.29 is 26.3 Å². The summed E-state index contributed by atoms with van der Waals surface area (Å²) in [5.41, 5.74) is 7.15. The van der Waals surface area contributed by atoms with Gasteiger partial charge in [-0.1, -0.05) is 110 Å². The summed E-state index contributed by atoms with van der Waals surface area (Å²) in [6, 6.07) is 35.5. The number of rotatable bonds is 4. The molecule has 3 aliphatic carbocycles. The zero-order valence-corrected chi connectivity index (χ0v) is 30.7. The lowest BCUT2D eigenvalue weighted by molar-refractivity contribution is -0.172. The van der Waals surface area contributed by atoms with Crippen molar-refractivity contribution >= 4 is 0 Å². The molecule has 6 aromatic carbocycles. The summed E-state index contributed by atoms with van der Waals surface area (Å²) in [6.45, 7) is 8.68. The van der Waals surface area contributed by atoms with E-state index in [-0.39, 0.29) is 22.3 Å². The number of halogens is 6. The predicted molar refractivity (Wildman–Crippen MR) is 205 cm³/mol. The lowest BCUT2D eigenvalue weighted by Gasteiger charge is -2.31. The molecule has 6 aromatic rings. The fraction of sp³-hybridized carbons (Fsp3) is 0.250. The highest BCUT2D eigenvalue weighted by Crippen LogP contribution is 2.60. The molecule has 0 fully saturated rings. The molecular weight excluding hydrogens is 691 g/mol. The van der Waals surface area contributed by atoms with Crippen molar-refractivity contribution in [2.24, 2.45) is 0 Å². The third kappa shape index (κ3) is 4.34. The quantitative estimate of drug-likeness (QED) is 0.159. The highest BCUT2D eigenvalue weighted by Gasteiger charge is 2.59. The number of fused-ring (bicyclic) bond motifs is 9. The second-order valence-electron chi connectivity index (χ2n) is 15.7. The van der Waals surface area contributed by atoms with E-state index in [4.69, 9.17) is 0 Å². The average molecular weight is 729 g/mol. The molecule has 0 bridgehead atoms. The second-order valence-corrected chi connectivity index (χ2v) is 15.7. The van der Waals surface area contributed by atoms with Crippen LogP contribution in [0.4, 0.5) is 26.3 Å². The molecule has 0 spiro atoms. The van der Waals surface area contributed by atoms with Gasteiger partial charge in [-0.05, 0) is 147 Å². The lowest BCUT2D eigenvalue weighted by Crippen LogP contribution is -2.38. The van der Waals surface area contributed by atoms with E-state index in [9.17, 15) is 13.2 Å². The van der Waals surface area contributed by atoms with Gasteiger partial charge in [-0.2, -0.15) is 26.3 Å². The van der Waals surface area contributed by atoms with Gasteiger partial charge in [0.15, 0.2) is 0 Å². The maximum Gasteiger partial charge on any atom is 0.402 e. The highest BCUT2D eigenvalue weighted by molar-refractivity contribution is 5.89. The number of alkyl halides is 6. The molecule has 0 saturated carbocycles. The molecular formula is C48H38F6. The summed E-state index contributed by atoms with van der Waals surface area (Å²) in [6.07, 6.45) is -7.44. The molecule has 3 aliphatic rings. The van der Waals surface area contributed by atoms with Gasteiger partial charge in [0.1, 0.15) is 10.8 Å². The van der Waals surface area contributed by atoms with Crippen LogP contribution in [0.2, 0.25) is 0 Å². The summed E-state index contributed by atoms with van der Waals surface area (Å²) in [4.78, 5) is 0.